The molecule has 0 aliphatic heterocycles. The molecule has 8 heteroatoms. The number of anilines is 1. The first-order valence-electron chi connectivity index (χ1n) is 8.65. The van der Waals surface area contributed by atoms with Crippen LogP contribution in [0.25, 0.3) is 22.3 Å². The summed E-state index contributed by atoms with van der Waals surface area (Å²) in [5.74, 6) is 0.495. The zero-order chi connectivity index (χ0) is 18.4. The van der Waals surface area contributed by atoms with Gasteiger partial charge in [0.1, 0.15) is 5.69 Å². The molecule has 1 amide bonds. The van der Waals surface area contributed by atoms with Crippen molar-refractivity contribution in [1.82, 2.24) is 25.2 Å². The van der Waals surface area contributed by atoms with E-state index in [0.29, 0.717) is 28.3 Å². The van der Waals surface area contributed by atoms with Crippen molar-refractivity contribution in [2.24, 2.45) is 0 Å². The van der Waals surface area contributed by atoms with E-state index in [-0.39, 0.29) is 5.91 Å². The minimum absolute atomic E-state index is 0.221. The molecule has 2 aromatic carbocycles. The van der Waals surface area contributed by atoms with Gasteiger partial charge in [0.05, 0.1) is 6.04 Å². The quantitative estimate of drug-likeness (QED) is 0.560. The summed E-state index contributed by atoms with van der Waals surface area (Å²) < 4.78 is 1.85. The molecule has 134 valence electrons. The fourth-order valence-electron chi connectivity index (χ4n) is 3.11. The first-order chi connectivity index (χ1) is 13.2. The average Bonchev–Trinajstić information content (AvgIpc) is 3.23. The second-order valence-electron chi connectivity index (χ2n) is 6.63. The van der Waals surface area contributed by atoms with Crippen LogP contribution in [0, 0.1) is 0 Å². The van der Waals surface area contributed by atoms with Crippen LogP contribution in [0.2, 0.25) is 5.02 Å². The number of fused-ring (bicyclic) bond motifs is 1. The molecule has 2 aromatic heterocycles. The molecule has 4 aromatic rings. The maximum atomic E-state index is 12.6. The molecule has 1 aliphatic carbocycles. The van der Waals surface area contributed by atoms with Crippen LogP contribution in [0.3, 0.4) is 0 Å². The predicted octanol–water partition coefficient (Wildman–Crippen LogP) is 4.06. The van der Waals surface area contributed by atoms with Crippen LogP contribution in [0.5, 0.6) is 0 Å². The third kappa shape index (κ3) is 3.06. The number of carbonyl (C=O) groups excluding carboxylic acids is 1. The highest BCUT2D eigenvalue weighted by molar-refractivity contribution is 6.31. The molecule has 0 radical (unpaired) electrons. The molecular weight excluding hydrogens is 364 g/mol. The SMILES string of the molecule is O=C(Nc1cccc(-c2nnnn2C2CC2)c1)c1cc2cc(Cl)ccc2[nH]1. The highest BCUT2D eigenvalue weighted by Gasteiger charge is 2.28. The van der Waals surface area contributed by atoms with E-state index in [9.17, 15) is 4.79 Å². The smallest absolute Gasteiger partial charge is 0.272 e. The number of nitrogens with one attached hydrogen (secondary N) is 2. The molecule has 5 rings (SSSR count). The second kappa shape index (κ2) is 6.21. The molecule has 27 heavy (non-hydrogen) atoms. The van der Waals surface area contributed by atoms with Gasteiger partial charge in [0.2, 0.25) is 0 Å². The minimum atomic E-state index is -0.221. The summed E-state index contributed by atoms with van der Waals surface area (Å²) in [6.07, 6.45) is 2.19. The van der Waals surface area contributed by atoms with Gasteiger partial charge in [-0.25, -0.2) is 4.68 Å². The van der Waals surface area contributed by atoms with Crippen molar-refractivity contribution in [2.75, 3.05) is 5.32 Å². The number of aromatic amines is 1. The number of rotatable bonds is 4. The van der Waals surface area contributed by atoms with Crippen molar-refractivity contribution in [3.05, 3.63) is 59.2 Å². The fourth-order valence-corrected chi connectivity index (χ4v) is 3.29. The molecule has 7 nitrogen and oxygen atoms in total. The molecule has 2 heterocycles. The fraction of sp³-hybridized carbons (Fsp3) is 0.158. The standard InChI is InChI=1S/C19H15ClN6O/c20-13-4-7-16-12(8-13)10-17(22-16)19(27)21-14-3-1-2-11(9-14)18-23-24-25-26(18)15-5-6-15/h1-4,7-10,15,22H,5-6H2,(H,21,27). The Hall–Kier alpha value is -3.19. The van der Waals surface area contributed by atoms with Gasteiger partial charge in [0.15, 0.2) is 5.82 Å². The van der Waals surface area contributed by atoms with Gasteiger partial charge in [-0.05, 0) is 59.7 Å². The van der Waals surface area contributed by atoms with E-state index in [0.717, 1.165) is 29.3 Å². The topological polar surface area (TPSA) is 88.5 Å². The number of carbonyl (C=O) groups is 1. The van der Waals surface area contributed by atoms with Gasteiger partial charge in [-0.1, -0.05) is 23.7 Å². The van der Waals surface area contributed by atoms with Crippen LogP contribution < -0.4 is 5.32 Å². The lowest BCUT2D eigenvalue weighted by molar-refractivity contribution is 0.102. The molecule has 0 bridgehead atoms. The zero-order valence-electron chi connectivity index (χ0n) is 14.2. The monoisotopic (exact) mass is 378 g/mol. The van der Waals surface area contributed by atoms with Crippen LogP contribution in [-0.4, -0.2) is 31.1 Å². The number of hydrogen-bond acceptors (Lipinski definition) is 4. The number of aromatic nitrogens is 5. The van der Waals surface area contributed by atoms with Gasteiger partial charge >= 0.3 is 0 Å². The summed E-state index contributed by atoms with van der Waals surface area (Å²) in [6.45, 7) is 0. The molecular formula is C19H15ClN6O. The third-order valence-corrected chi connectivity index (χ3v) is 4.83. The molecule has 2 N–H and O–H groups in total. The van der Waals surface area contributed by atoms with Crippen LogP contribution in [0.15, 0.2) is 48.5 Å². The van der Waals surface area contributed by atoms with Crippen molar-refractivity contribution >= 4 is 34.1 Å². The Balaban J connectivity index is 1.41. The Morgan fingerprint density at radius 2 is 2.07 bits per heavy atom. The molecule has 1 fully saturated rings. The molecule has 0 atom stereocenters. The van der Waals surface area contributed by atoms with E-state index in [4.69, 9.17) is 11.6 Å². The highest BCUT2D eigenvalue weighted by atomic mass is 35.5. The maximum Gasteiger partial charge on any atom is 0.272 e. The van der Waals surface area contributed by atoms with Gasteiger partial charge < -0.3 is 10.3 Å². The lowest BCUT2D eigenvalue weighted by Crippen LogP contribution is -2.12. The average molecular weight is 379 g/mol. The Bertz CT molecular complexity index is 1160. The summed E-state index contributed by atoms with van der Waals surface area (Å²) >= 11 is 6.01. The Morgan fingerprint density at radius 3 is 2.93 bits per heavy atom. The summed E-state index contributed by atoms with van der Waals surface area (Å²) in [5.41, 5.74) is 2.88. The Labute approximate surface area is 159 Å². The zero-order valence-corrected chi connectivity index (χ0v) is 14.9. The molecule has 0 saturated heterocycles. The number of halogens is 1. The number of H-pyrrole nitrogens is 1. The van der Waals surface area contributed by atoms with Crippen LogP contribution in [0.4, 0.5) is 5.69 Å². The summed E-state index contributed by atoms with van der Waals surface area (Å²) in [4.78, 5) is 15.7. The second-order valence-corrected chi connectivity index (χ2v) is 7.06. The molecule has 1 saturated carbocycles. The van der Waals surface area contributed by atoms with Gasteiger partial charge in [0.25, 0.3) is 5.91 Å². The van der Waals surface area contributed by atoms with Crippen molar-refractivity contribution in [2.45, 2.75) is 18.9 Å². The van der Waals surface area contributed by atoms with E-state index in [2.05, 4.69) is 25.8 Å². The van der Waals surface area contributed by atoms with Crippen LogP contribution in [-0.2, 0) is 0 Å². The third-order valence-electron chi connectivity index (χ3n) is 4.59. The summed E-state index contributed by atoms with van der Waals surface area (Å²) in [6, 6.07) is 15.2. The van der Waals surface area contributed by atoms with Crippen LogP contribution in [0.1, 0.15) is 29.4 Å². The van der Waals surface area contributed by atoms with Crippen molar-refractivity contribution in [1.29, 1.82) is 0 Å². The summed E-state index contributed by atoms with van der Waals surface area (Å²) in [5, 5.41) is 16.4. The van der Waals surface area contributed by atoms with E-state index in [1.807, 2.05) is 41.1 Å². The number of amides is 1. The normalized spacial score (nSPS) is 13.8. The predicted molar refractivity (Wildman–Crippen MR) is 103 cm³/mol. The largest absolute Gasteiger partial charge is 0.351 e. The van der Waals surface area contributed by atoms with E-state index < -0.39 is 0 Å². The first kappa shape index (κ1) is 16.0. The number of benzene rings is 2. The van der Waals surface area contributed by atoms with E-state index in [1.54, 1.807) is 12.1 Å². The van der Waals surface area contributed by atoms with Crippen LogP contribution >= 0.6 is 11.6 Å². The van der Waals surface area contributed by atoms with Gasteiger partial charge in [0, 0.05) is 27.2 Å². The number of tetrazole rings is 1. The Kier molecular flexibility index (Phi) is 3.68. The Morgan fingerprint density at radius 1 is 1.19 bits per heavy atom. The lowest BCUT2D eigenvalue weighted by Gasteiger charge is -2.07. The molecule has 0 spiro atoms. The lowest BCUT2D eigenvalue weighted by atomic mass is 10.2. The maximum absolute atomic E-state index is 12.6. The summed E-state index contributed by atoms with van der Waals surface area (Å²) in [7, 11) is 0. The highest BCUT2D eigenvalue weighted by Crippen LogP contribution is 2.36. The number of hydrogen-bond donors (Lipinski definition) is 2. The van der Waals surface area contributed by atoms with Crippen molar-refractivity contribution in [3.8, 4) is 11.4 Å². The molecule has 0 unspecified atom stereocenters. The van der Waals surface area contributed by atoms with Gasteiger partial charge in [-0.15, -0.1) is 5.10 Å². The van der Waals surface area contributed by atoms with Gasteiger partial charge in [-0.2, -0.15) is 0 Å². The first-order valence-corrected chi connectivity index (χ1v) is 9.03. The van der Waals surface area contributed by atoms with E-state index >= 15 is 0 Å². The molecule has 1 aliphatic rings. The van der Waals surface area contributed by atoms with Crippen molar-refractivity contribution < 1.29 is 4.79 Å². The van der Waals surface area contributed by atoms with Crippen molar-refractivity contribution in [3.63, 3.8) is 0 Å². The minimum Gasteiger partial charge on any atom is -0.351 e. The number of nitrogens with zero attached hydrogens (tertiary/aromatic N) is 4. The van der Waals surface area contributed by atoms with E-state index in [1.165, 1.54) is 0 Å². The van der Waals surface area contributed by atoms with Gasteiger partial charge in [-0.3, -0.25) is 4.79 Å².